The molecule has 102 valence electrons. The first kappa shape index (κ1) is 12.7. The molecule has 0 amide bonds. The first-order chi connectivity index (χ1) is 9.25. The second-order valence-electron chi connectivity index (χ2n) is 5.86. The monoisotopic (exact) mass is 259 g/mol. The third-order valence-electron chi connectivity index (χ3n) is 4.70. The molecule has 1 heterocycles. The third kappa shape index (κ3) is 2.52. The first-order valence-corrected chi connectivity index (χ1v) is 7.27. The van der Waals surface area contributed by atoms with Gasteiger partial charge in [-0.25, -0.2) is 0 Å². The highest BCUT2D eigenvalue weighted by Crippen LogP contribution is 2.36. The Labute approximate surface area is 114 Å². The molecule has 1 saturated heterocycles. The maximum atomic E-state index is 11.3. The van der Waals surface area contributed by atoms with Crippen molar-refractivity contribution in [2.45, 2.75) is 37.6 Å². The lowest BCUT2D eigenvalue weighted by atomic mass is 9.80. The van der Waals surface area contributed by atoms with E-state index in [1.165, 1.54) is 12.0 Å². The molecule has 2 aliphatic rings. The minimum absolute atomic E-state index is 0.148. The van der Waals surface area contributed by atoms with Crippen molar-refractivity contribution in [1.29, 1.82) is 0 Å². The Hall–Kier alpha value is -1.35. The van der Waals surface area contributed by atoms with E-state index in [-0.39, 0.29) is 12.0 Å². The zero-order chi connectivity index (χ0) is 13.2. The van der Waals surface area contributed by atoms with Gasteiger partial charge < -0.3 is 5.11 Å². The van der Waals surface area contributed by atoms with Gasteiger partial charge in [-0.15, -0.1) is 0 Å². The number of aliphatic carboxylic acids is 1. The largest absolute Gasteiger partial charge is 0.481 e. The molecule has 0 spiro atoms. The van der Waals surface area contributed by atoms with Crippen molar-refractivity contribution in [1.82, 2.24) is 4.90 Å². The third-order valence-corrected chi connectivity index (χ3v) is 4.70. The van der Waals surface area contributed by atoms with Crippen LogP contribution in [-0.4, -0.2) is 35.1 Å². The molecule has 2 atom stereocenters. The minimum atomic E-state index is -0.604. The normalized spacial score (nSPS) is 28.8. The summed E-state index contributed by atoms with van der Waals surface area (Å²) < 4.78 is 0. The molecule has 1 aromatic carbocycles. The number of rotatable bonds is 3. The summed E-state index contributed by atoms with van der Waals surface area (Å²) in [5, 5.41) is 9.33. The van der Waals surface area contributed by atoms with Crippen LogP contribution in [0.4, 0.5) is 0 Å². The summed E-state index contributed by atoms with van der Waals surface area (Å²) in [7, 11) is 0. The zero-order valence-electron chi connectivity index (χ0n) is 11.2. The van der Waals surface area contributed by atoms with Crippen molar-refractivity contribution in [2.24, 2.45) is 5.92 Å². The number of hydrogen-bond donors (Lipinski definition) is 1. The fraction of sp³-hybridized carbons (Fsp3) is 0.562. The van der Waals surface area contributed by atoms with Crippen LogP contribution in [0.3, 0.4) is 0 Å². The highest BCUT2D eigenvalue weighted by molar-refractivity contribution is 5.71. The van der Waals surface area contributed by atoms with Crippen molar-refractivity contribution in [2.75, 3.05) is 13.1 Å². The van der Waals surface area contributed by atoms with Crippen LogP contribution in [-0.2, 0) is 4.79 Å². The van der Waals surface area contributed by atoms with Crippen molar-refractivity contribution in [3.8, 4) is 0 Å². The van der Waals surface area contributed by atoms with Crippen LogP contribution in [0, 0.1) is 5.92 Å². The lowest BCUT2D eigenvalue weighted by molar-refractivity contribution is -0.146. The van der Waals surface area contributed by atoms with E-state index < -0.39 is 5.97 Å². The summed E-state index contributed by atoms with van der Waals surface area (Å²) in [6.07, 6.45) is 4.16. The number of nitrogens with zero attached hydrogens (tertiary/aromatic N) is 1. The summed E-state index contributed by atoms with van der Waals surface area (Å²) in [6.45, 7) is 2.05. The lowest BCUT2D eigenvalue weighted by Gasteiger charge is -2.48. The fourth-order valence-electron chi connectivity index (χ4n) is 3.56. The predicted octanol–water partition coefficient (Wildman–Crippen LogP) is 2.73. The van der Waals surface area contributed by atoms with Crippen LogP contribution in [0.15, 0.2) is 30.3 Å². The summed E-state index contributed by atoms with van der Waals surface area (Å²) in [4.78, 5) is 13.7. The van der Waals surface area contributed by atoms with E-state index in [1.54, 1.807) is 0 Å². The molecule has 3 nitrogen and oxygen atoms in total. The summed E-state index contributed by atoms with van der Waals surface area (Å²) in [5.41, 5.74) is 1.39. The van der Waals surface area contributed by atoms with Gasteiger partial charge in [-0.1, -0.05) is 43.2 Å². The molecule has 0 bridgehead atoms. The smallest absolute Gasteiger partial charge is 0.308 e. The number of likely N-dealkylation sites (tertiary alicyclic amines) is 1. The van der Waals surface area contributed by atoms with Gasteiger partial charge in [0.2, 0.25) is 0 Å². The van der Waals surface area contributed by atoms with E-state index in [1.807, 2.05) is 6.07 Å². The van der Waals surface area contributed by atoms with Gasteiger partial charge >= 0.3 is 5.97 Å². The van der Waals surface area contributed by atoms with Crippen molar-refractivity contribution < 1.29 is 9.90 Å². The molecule has 3 rings (SSSR count). The number of carboxylic acid groups (broad SMARTS) is 1. The zero-order valence-corrected chi connectivity index (χ0v) is 11.2. The Morgan fingerprint density at radius 3 is 2.47 bits per heavy atom. The van der Waals surface area contributed by atoms with Crippen molar-refractivity contribution in [3.63, 3.8) is 0 Å². The minimum Gasteiger partial charge on any atom is -0.481 e. The molecule has 2 unspecified atom stereocenters. The SMILES string of the molecule is O=C(O)C1CCCCC1N1CC(c2ccccc2)C1. The fourth-order valence-corrected chi connectivity index (χ4v) is 3.56. The van der Waals surface area contributed by atoms with Gasteiger partial charge in [-0.05, 0) is 18.4 Å². The lowest BCUT2D eigenvalue weighted by Crippen LogP contribution is -2.55. The van der Waals surface area contributed by atoms with E-state index in [4.69, 9.17) is 0 Å². The summed E-state index contributed by atoms with van der Waals surface area (Å²) in [5.74, 6) is -0.157. The van der Waals surface area contributed by atoms with E-state index in [9.17, 15) is 9.90 Å². The summed E-state index contributed by atoms with van der Waals surface area (Å²) in [6, 6.07) is 10.8. The highest BCUT2D eigenvalue weighted by atomic mass is 16.4. The van der Waals surface area contributed by atoms with Crippen LogP contribution in [0.2, 0.25) is 0 Å². The Kier molecular flexibility index (Phi) is 3.56. The van der Waals surface area contributed by atoms with Gasteiger partial charge in [0.15, 0.2) is 0 Å². The molecule has 1 aliphatic carbocycles. The van der Waals surface area contributed by atoms with Crippen LogP contribution < -0.4 is 0 Å². The van der Waals surface area contributed by atoms with Crippen LogP contribution in [0.25, 0.3) is 0 Å². The van der Waals surface area contributed by atoms with Gasteiger partial charge in [0, 0.05) is 25.0 Å². The van der Waals surface area contributed by atoms with Crippen LogP contribution >= 0.6 is 0 Å². The highest BCUT2D eigenvalue weighted by Gasteiger charge is 2.40. The molecule has 1 aliphatic heterocycles. The van der Waals surface area contributed by atoms with Gasteiger partial charge in [-0.2, -0.15) is 0 Å². The molecular formula is C16H21NO2. The molecule has 19 heavy (non-hydrogen) atoms. The quantitative estimate of drug-likeness (QED) is 0.907. The van der Waals surface area contributed by atoms with Crippen molar-refractivity contribution in [3.05, 3.63) is 35.9 Å². The molecular weight excluding hydrogens is 238 g/mol. The number of carbonyl (C=O) groups is 1. The average Bonchev–Trinajstić information content (AvgIpc) is 2.39. The Morgan fingerprint density at radius 1 is 1.11 bits per heavy atom. The number of hydrogen-bond acceptors (Lipinski definition) is 2. The van der Waals surface area contributed by atoms with E-state index in [0.717, 1.165) is 32.4 Å². The Bertz CT molecular complexity index is 439. The topological polar surface area (TPSA) is 40.5 Å². The van der Waals surface area contributed by atoms with E-state index in [0.29, 0.717) is 5.92 Å². The molecule has 1 N–H and O–H groups in total. The van der Waals surface area contributed by atoms with Gasteiger partial charge in [0.05, 0.1) is 5.92 Å². The number of benzene rings is 1. The Balaban J connectivity index is 1.61. The molecule has 0 aromatic heterocycles. The molecule has 3 heteroatoms. The van der Waals surface area contributed by atoms with Gasteiger partial charge in [0.1, 0.15) is 0 Å². The van der Waals surface area contributed by atoms with Crippen LogP contribution in [0.1, 0.15) is 37.2 Å². The van der Waals surface area contributed by atoms with Crippen LogP contribution in [0.5, 0.6) is 0 Å². The van der Waals surface area contributed by atoms with E-state index >= 15 is 0 Å². The molecule has 2 fully saturated rings. The second-order valence-corrected chi connectivity index (χ2v) is 5.86. The second kappa shape index (κ2) is 5.33. The summed E-state index contributed by atoms with van der Waals surface area (Å²) >= 11 is 0. The maximum absolute atomic E-state index is 11.3. The van der Waals surface area contributed by atoms with Gasteiger partial charge in [0.25, 0.3) is 0 Å². The van der Waals surface area contributed by atoms with Crippen molar-refractivity contribution >= 4 is 5.97 Å². The number of carboxylic acids is 1. The first-order valence-electron chi connectivity index (χ1n) is 7.27. The molecule has 1 saturated carbocycles. The molecule has 1 aromatic rings. The average molecular weight is 259 g/mol. The maximum Gasteiger partial charge on any atom is 0.308 e. The Morgan fingerprint density at radius 2 is 1.79 bits per heavy atom. The standard InChI is InChI=1S/C16H21NO2/c18-16(19)14-8-4-5-9-15(14)17-10-13(11-17)12-6-2-1-3-7-12/h1-3,6-7,13-15H,4-5,8-11H2,(H,18,19). The molecule has 0 radical (unpaired) electrons. The van der Waals surface area contributed by atoms with Gasteiger partial charge in [-0.3, -0.25) is 9.69 Å². The predicted molar refractivity (Wildman–Crippen MR) is 74.1 cm³/mol. The van der Waals surface area contributed by atoms with E-state index in [2.05, 4.69) is 29.2 Å².